The zero-order valence-electron chi connectivity index (χ0n) is 12.0. The fourth-order valence-electron chi connectivity index (χ4n) is 2.20. The van der Waals surface area contributed by atoms with E-state index in [1.807, 2.05) is 32.2 Å². The van der Waals surface area contributed by atoms with E-state index < -0.39 is 0 Å². The van der Waals surface area contributed by atoms with E-state index in [1.165, 1.54) is 0 Å². The van der Waals surface area contributed by atoms with Crippen LogP contribution in [0.5, 0.6) is 11.5 Å². The molecule has 1 aromatic heterocycles. The summed E-state index contributed by atoms with van der Waals surface area (Å²) in [5.74, 6) is 1.35. The minimum Gasteiger partial charge on any atom is -0.486 e. The monoisotopic (exact) mass is 287 g/mol. The maximum absolute atomic E-state index is 12.1. The van der Waals surface area contributed by atoms with Gasteiger partial charge in [-0.2, -0.15) is 5.10 Å². The lowest BCUT2D eigenvalue weighted by Gasteiger charge is -2.18. The number of hydrogen-bond donors (Lipinski definition) is 1. The molecule has 110 valence electrons. The first-order valence-corrected chi connectivity index (χ1v) is 6.80. The first-order chi connectivity index (χ1) is 10.1. The predicted octanol–water partition coefficient (Wildman–Crippen LogP) is 1.43. The topological polar surface area (TPSA) is 65.4 Å². The van der Waals surface area contributed by atoms with Crippen LogP contribution < -0.4 is 14.8 Å². The van der Waals surface area contributed by atoms with Crippen LogP contribution in [-0.4, -0.2) is 28.9 Å². The number of nitrogens with zero attached hydrogens (tertiary/aromatic N) is 2. The quantitative estimate of drug-likeness (QED) is 0.927. The number of fused-ring (bicyclic) bond motifs is 1. The number of aromatic nitrogens is 2. The van der Waals surface area contributed by atoms with Crippen LogP contribution in [0.15, 0.2) is 24.4 Å². The molecule has 0 saturated carbocycles. The third kappa shape index (κ3) is 2.69. The molecule has 2 heterocycles. The molecule has 1 N–H and O–H groups in total. The summed E-state index contributed by atoms with van der Waals surface area (Å²) in [6.45, 7) is 3.43. The van der Waals surface area contributed by atoms with Gasteiger partial charge in [0.05, 0.1) is 11.8 Å². The molecule has 1 aliphatic heterocycles. The average Bonchev–Trinajstić information content (AvgIpc) is 2.84. The number of rotatable bonds is 3. The van der Waals surface area contributed by atoms with Crippen LogP contribution in [0, 0.1) is 6.92 Å². The van der Waals surface area contributed by atoms with Gasteiger partial charge < -0.3 is 14.8 Å². The summed E-state index contributed by atoms with van der Waals surface area (Å²) in [6.07, 6.45) is 1.58. The van der Waals surface area contributed by atoms with Crippen molar-refractivity contribution in [1.29, 1.82) is 0 Å². The van der Waals surface area contributed by atoms with Gasteiger partial charge in [-0.15, -0.1) is 0 Å². The van der Waals surface area contributed by atoms with Gasteiger partial charge in [0.2, 0.25) is 0 Å². The summed E-state index contributed by atoms with van der Waals surface area (Å²) in [5, 5.41) is 6.96. The number of carbonyl (C=O) groups excluding carboxylic acids is 1. The Hall–Kier alpha value is -2.50. The van der Waals surface area contributed by atoms with Gasteiger partial charge in [0.15, 0.2) is 11.5 Å². The highest BCUT2D eigenvalue weighted by molar-refractivity contribution is 5.94. The van der Waals surface area contributed by atoms with Crippen molar-refractivity contribution in [3.05, 3.63) is 41.2 Å². The molecule has 0 unspecified atom stereocenters. The summed E-state index contributed by atoms with van der Waals surface area (Å²) in [4.78, 5) is 12.1. The third-order valence-corrected chi connectivity index (χ3v) is 3.54. The highest BCUT2D eigenvalue weighted by Gasteiger charge is 2.14. The molecule has 1 amide bonds. The van der Waals surface area contributed by atoms with E-state index in [0.29, 0.717) is 25.3 Å². The van der Waals surface area contributed by atoms with Crippen LogP contribution in [-0.2, 0) is 13.6 Å². The molecule has 21 heavy (non-hydrogen) atoms. The highest BCUT2D eigenvalue weighted by Crippen LogP contribution is 2.30. The highest BCUT2D eigenvalue weighted by atomic mass is 16.6. The van der Waals surface area contributed by atoms with Crippen molar-refractivity contribution in [1.82, 2.24) is 15.1 Å². The summed E-state index contributed by atoms with van der Waals surface area (Å²) >= 11 is 0. The molecule has 1 aliphatic rings. The summed E-state index contributed by atoms with van der Waals surface area (Å²) in [7, 11) is 1.81. The smallest absolute Gasteiger partial charge is 0.255 e. The fourth-order valence-corrected chi connectivity index (χ4v) is 2.20. The van der Waals surface area contributed by atoms with E-state index in [9.17, 15) is 4.79 Å². The van der Waals surface area contributed by atoms with Crippen LogP contribution >= 0.6 is 0 Å². The van der Waals surface area contributed by atoms with Crippen molar-refractivity contribution in [3.8, 4) is 11.5 Å². The Bertz CT molecular complexity index is 679. The van der Waals surface area contributed by atoms with Gasteiger partial charge in [0.1, 0.15) is 13.2 Å². The van der Waals surface area contributed by atoms with Gasteiger partial charge in [-0.1, -0.05) is 6.07 Å². The van der Waals surface area contributed by atoms with Crippen molar-refractivity contribution in [3.63, 3.8) is 0 Å². The van der Waals surface area contributed by atoms with Crippen LogP contribution in [0.25, 0.3) is 0 Å². The van der Waals surface area contributed by atoms with Crippen molar-refractivity contribution in [2.24, 2.45) is 7.05 Å². The molecule has 6 nitrogen and oxygen atoms in total. The summed E-state index contributed by atoms with van der Waals surface area (Å²) in [6, 6.07) is 5.68. The molecule has 0 bridgehead atoms. The Balaban J connectivity index is 1.67. The summed E-state index contributed by atoms with van der Waals surface area (Å²) < 4.78 is 12.7. The SMILES string of the molecule is Cc1c(C(=O)NCc2ccc3c(c2)OCCO3)cnn1C. The number of ether oxygens (including phenoxy) is 2. The molecule has 0 saturated heterocycles. The maximum Gasteiger partial charge on any atom is 0.255 e. The molecule has 2 aromatic rings. The molecular weight excluding hydrogens is 270 g/mol. The number of nitrogens with one attached hydrogen (secondary N) is 1. The molecule has 0 radical (unpaired) electrons. The van der Waals surface area contributed by atoms with Gasteiger partial charge in [-0.3, -0.25) is 9.48 Å². The number of aryl methyl sites for hydroxylation is 1. The minimum atomic E-state index is -0.129. The molecule has 3 rings (SSSR count). The Morgan fingerprint density at radius 2 is 2.10 bits per heavy atom. The molecule has 0 fully saturated rings. The zero-order valence-corrected chi connectivity index (χ0v) is 12.0. The van der Waals surface area contributed by atoms with Gasteiger partial charge in [-0.25, -0.2) is 0 Å². The average molecular weight is 287 g/mol. The molecular formula is C15H17N3O3. The van der Waals surface area contributed by atoms with Crippen LogP contribution in [0.3, 0.4) is 0 Å². The minimum absolute atomic E-state index is 0.129. The van der Waals surface area contributed by atoms with Crippen molar-refractivity contribution >= 4 is 5.91 Å². The standard InChI is InChI=1S/C15H17N3O3/c1-10-12(9-17-18(10)2)15(19)16-8-11-3-4-13-14(7-11)21-6-5-20-13/h3-4,7,9H,5-6,8H2,1-2H3,(H,16,19). The molecule has 6 heteroatoms. The third-order valence-electron chi connectivity index (χ3n) is 3.54. The fraction of sp³-hybridized carbons (Fsp3) is 0.333. The van der Waals surface area contributed by atoms with E-state index >= 15 is 0 Å². The van der Waals surface area contributed by atoms with Crippen molar-refractivity contribution < 1.29 is 14.3 Å². The Labute approximate surface area is 122 Å². The molecule has 1 aromatic carbocycles. The van der Waals surface area contributed by atoms with Crippen LogP contribution in [0.1, 0.15) is 21.6 Å². The number of amides is 1. The number of hydrogen-bond acceptors (Lipinski definition) is 4. The van der Waals surface area contributed by atoms with Crippen LogP contribution in [0.2, 0.25) is 0 Å². The molecule has 0 aliphatic carbocycles. The lowest BCUT2D eigenvalue weighted by atomic mass is 10.2. The van der Waals surface area contributed by atoms with Gasteiger partial charge >= 0.3 is 0 Å². The first kappa shape index (κ1) is 13.5. The lowest BCUT2D eigenvalue weighted by molar-refractivity contribution is 0.0950. The Kier molecular flexibility index (Phi) is 3.51. The second-order valence-electron chi connectivity index (χ2n) is 4.93. The Morgan fingerprint density at radius 3 is 2.81 bits per heavy atom. The lowest BCUT2D eigenvalue weighted by Crippen LogP contribution is -2.23. The molecule has 0 spiro atoms. The van der Waals surface area contributed by atoms with Gasteiger partial charge in [-0.05, 0) is 24.6 Å². The largest absolute Gasteiger partial charge is 0.486 e. The molecule has 0 atom stereocenters. The van der Waals surface area contributed by atoms with Crippen molar-refractivity contribution in [2.45, 2.75) is 13.5 Å². The maximum atomic E-state index is 12.1. The van der Waals surface area contributed by atoms with Gasteiger partial charge in [0.25, 0.3) is 5.91 Å². The number of carbonyl (C=O) groups is 1. The van der Waals surface area contributed by atoms with Crippen LogP contribution in [0.4, 0.5) is 0 Å². The second-order valence-corrected chi connectivity index (χ2v) is 4.93. The second kappa shape index (κ2) is 5.47. The number of benzene rings is 1. The summed E-state index contributed by atoms with van der Waals surface area (Å²) in [5.41, 5.74) is 2.40. The van der Waals surface area contributed by atoms with E-state index in [1.54, 1.807) is 10.9 Å². The van der Waals surface area contributed by atoms with E-state index in [2.05, 4.69) is 10.4 Å². The Morgan fingerprint density at radius 1 is 1.33 bits per heavy atom. The normalized spacial score (nSPS) is 13.0. The zero-order chi connectivity index (χ0) is 14.8. The van der Waals surface area contributed by atoms with Crippen molar-refractivity contribution in [2.75, 3.05) is 13.2 Å². The van der Waals surface area contributed by atoms with E-state index in [-0.39, 0.29) is 5.91 Å². The first-order valence-electron chi connectivity index (χ1n) is 6.80. The predicted molar refractivity (Wildman–Crippen MR) is 76.5 cm³/mol. The van der Waals surface area contributed by atoms with Gasteiger partial charge in [0, 0.05) is 19.3 Å². The van der Waals surface area contributed by atoms with E-state index in [4.69, 9.17) is 9.47 Å². The van der Waals surface area contributed by atoms with E-state index in [0.717, 1.165) is 22.8 Å².